The number of carboxylic acids is 1. The fourth-order valence-corrected chi connectivity index (χ4v) is 2.15. The average Bonchev–Trinajstić information content (AvgIpc) is 2.04. The van der Waals surface area contributed by atoms with E-state index in [0.717, 1.165) is 0 Å². The van der Waals surface area contributed by atoms with Gasteiger partial charge in [-0.1, -0.05) is 0 Å². The summed E-state index contributed by atoms with van der Waals surface area (Å²) in [5, 5.41) is 8.93. The Kier molecular flexibility index (Phi) is 3.08. The largest absolute Gasteiger partial charge is 0.481 e. The number of carbonyl (C=O) groups is 1. The van der Waals surface area contributed by atoms with Crippen molar-refractivity contribution in [2.45, 2.75) is 19.8 Å². The van der Waals surface area contributed by atoms with Crippen LogP contribution in [0.3, 0.4) is 0 Å². The van der Waals surface area contributed by atoms with Gasteiger partial charge in [0.2, 0.25) is 0 Å². The normalized spacial score (nSPS) is 25.4. The molecule has 13 heavy (non-hydrogen) atoms. The number of hydrogen-bond donors (Lipinski definition) is 1. The van der Waals surface area contributed by atoms with Gasteiger partial charge in [-0.05, 0) is 19.8 Å². The summed E-state index contributed by atoms with van der Waals surface area (Å²) in [5.74, 6) is -0.742. The molecule has 1 heterocycles. The number of hydrogen-bond acceptors (Lipinski definition) is 2. The molecule has 1 fully saturated rings. The monoisotopic (exact) mass is 205 g/mol. The quantitative estimate of drug-likeness (QED) is 0.712. The fourth-order valence-electron chi connectivity index (χ4n) is 1.45. The van der Waals surface area contributed by atoms with Gasteiger partial charge in [0.15, 0.2) is 0 Å². The van der Waals surface area contributed by atoms with Crippen molar-refractivity contribution < 1.29 is 14.1 Å². The molecule has 0 aliphatic carbocycles. The molecule has 1 aliphatic heterocycles. The van der Waals surface area contributed by atoms with Crippen molar-refractivity contribution >= 4 is 17.0 Å². The molecule has 0 amide bonds. The minimum Gasteiger partial charge on any atom is -0.481 e. The molecule has 1 aliphatic rings. The van der Waals surface area contributed by atoms with Crippen molar-refractivity contribution in [1.82, 2.24) is 4.31 Å². The minimum atomic E-state index is -0.958. The second-order valence-electron chi connectivity index (χ2n) is 3.72. The Labute approximate surface area is 80.5 Å². The second-order valence-corrected chi connectivity index (χ2v) is 5.08. The van der Waals surface area contributed by atoms with E-state index in [0.29, 0.717) is 25.9 Å². The van der Waals surface area contributed by atoms with Gasteiger partial charge in [0.1, 0.15) is 0 Å². The van der Waals surface area contributed by atoms with E-state index in [1.807, 2.05) is 4.31 Å². The number of nitrogens with zero attached hydrogens (tertiary/aromatic N) is 1. The third-order valence-electron chi connectivity index (χ3n) is 2.71. The Morgan fingerprint density at radius 3 is 2.23 bits per heavy atom. The fraction of sp³-hybridized carbons (Fsp3) is 0.875. The van der Waals surface area contributed by atoms with Crippen LogP contribution >= 0.6 is 0 Å². The lowest BCUT2D eigenvalue weighted by molar-refractivity contribution is -0.150. The van der Waals surface area contributed by atoms with Gasteiger partial charge < -0.3 is 5.11 Å². The molecule has 0 aromatic carbocycles. The maximum absolute atomic E-state index is 11.1. The number of rotatable bonds is 2. The van der Waals surface area contributed by atoms with Crippen LogP contribution in [0.2, 0.25) is 0 Å². The van der Waals surface area contributed by atoms with Crippen LogP contribution in [0.15, 0.2) is 0 Å². The van der Waals surface area contributed by atoms with Crippen molar-refractivity contribution in [2.24, 2.45) is 5.41 Å². The Hall–Kier alpha value is -0.420. The molecule has 1 rings (SSSR count). The van der Waals surface area contributed by atoms with Crippen LogP contribution < -0.4 is 0 Å². The van der Waals surface area contributed by atoms with Gasteiger partial charge in [-0.15, -0.1) is 0 Å². The zero-order valence-corrected chi connectivity index (χ0v) is 8.76. The van der Waals surface area contributed by atoms with Crippen LogP contribution in [0.25, 0.3) is 0 Å². The Morgan fingerprint density at radius 2 is 1.92 bits per heavy atom. The number of aliphatic carboxylic acids is 1. The third kappa shape index (κ3) is 2.28. The summed E-state index contributed by atoms with van der Waals surface area (Å²) in [6.45, 7) is 2.99. The highest BCUT2D eigenvalue weighted by Crippen LogP contribution is 2.31. The molecule has 1 saturated heterocycles. The van der Waals surface area contributed by atoms with Crippen molar-refractivity contribution in [3.05, 3.63) is 0 Å². The molecule has 1 atom stereocenters. The van der Waals surface area contributed by atoms with Crippen LogP contribution in [-0.4, -0.2) is 38.9 Å². The summed E-state index contributed by atoms with van der Waals surface area (Å²) in [4.78, 5) is 10.9. The van der Waals surface area contributed by atoms with E-state index in [9.17, 15) is 9.00 Å². The SMILES string of the molecule is CS(=O)N1CCC(C)(C(=O)O)CC1. The van der Waals surface area contributed by atoms with Crippen LogP contribution in [0.1, 0.15) is 19.8 Å². The molecule has 76 valence electrons. The van der Waals surface area contributed by atoms with Crippen LogP contribution in [0.5, 0.6) is 0 Å². The number of piperidine rings is 1. The summed E-state index contributed by atoms with van der Waals surface area (Å²) in [6, 6.07) is 0. The number of carboxylic acid groups (broad SMARTS) is 1. The Bertz CT molecular complexity index is 234. The summed E-state index contributed by atoms with van der Waals surface area (Å²) >= 11 is 0. The first kappa shape index (κ1) is 10.7. The van der Waals surface area contributed by atoms with E-state index >= 15 is 0 Å². The van der Waals surface area contributed by atoms with Gasteiger partial charge in [0.05, 0.1) is 16.4 Å². The molecule has 0 spiro atoms. The van der Waals surface area contributed by atoms with Crippen molar-refractivity contribution in [1.29, 1.82) is 0 Å². The van der Waals surface area contributed by atoms with Crippen LogP contribution in [0.4, 0.5) is 0 Å². The lowest BCUT2D eigenvalue weighted by Crippen LogP contribution is -2.42. The van der Waals surface area contributed by atoms with Crippen molar-refractivity contribution in [3.8, 4) is 0 Å². The minimum absolute atomic E-state index is 0.585. The second kappa shape index (κ2) is 3.75. The summed E-state index contributed by atoms with van der Waals surface area (Å²) in [5.41, 5.74) is -0.615. The lowest BCUT2D eigenvalue weighted by atomic mass is 9.81. The third-order valence-corrected chi connectivity index (χ3v) is 3.80. The summed E-state index contributed by atoms with van der Waals surface area (Å²) in [6.07, 6.45) is 2.80. The van der Waals surface area contributed by atoms with Crippen LogP contribution in [-0.2, 0) is 15.8 Å². The van der Waals surface area contributed by atoms with Gasteiger partial charge in [-0.3, -0.25) is 4.79 Å². The predicted molar refractivity (Wildman–Crippen MR) is 50.6 cm³/mol. The predicted octanol–water partition coefficient (Wildman–Crippen LogP) is 0.467. The molecule has 0 radical (unpaired) electrons. The van der Waals surface area contributed by atoms with E-state index in [1.54, 1.807) is 13.2 Å². The lowest BCUT2D eigenvalue weighted by Gasteiger charge is -2.34. The van der Waals surface area contributed by atoms with Gasteiger partial charge in [0, 0.05) is 19.3 Å². The van der Waals surface area contributed by atoms with E-state index in [1.165, 1.54) is 0 Å². The highest BCUT2D eigenvalue weighted by Gasteiger charge is 2.37. The molecule has 0 bridgehead atoms. The molecule has 0 aromatic heterocycles. The maximum Gasteiger partial charge on any atom is 0.309 e. The van der Waals surface area contributed by atoms with E-state index in [2.05, 4.69) is 0 Å². The molecular formula is C8H15NO3S. The van der Waals surface area contributed by atoms with Crippen LogP contribution in [0, 0.1) is 5.41 Å². The first-order chi connectivity index (χ1) is 5.96. The maximum atomic E-state index is 11.1. The molecule has 4 nitrogen and oxygen atoms in total. The molecule has 5 heteroatoms. The zero-order chi connectivity index (χ0) is 10.1. The highest BCUT2D eigenvalue weighted by atomic mass is 32.2. The summed E-state index contributed by atoms with van der Waals surface area (Å²) < 4.78 is 12.9. The Balaban J connectivity index is 2.56. The molecule has 0 saturated carbocycles. The molecule has 1 unspecified atom stereocenters. The molecular weight excluding hydrogens is 190 g/mol. The highest BCUT2D eigenvalue weighted by molar-refractivity contribution is 7.81. The van der Waals surface area contributed by atoms with Crippen molar-refractivity contribution in [3.63, 3.8) is 0 Å². The first-order valence-electron chi connectivity index (χ1n) is 4.27. The van der Waals surface area contributed by atoms with E-state index in [4.69, 9.17) is 5.11 Å². The van der Waals surface area contributed by atoms with E-state index in [-0.39, 0.29) is 0 Å². The Morgan fingerprint density at radius 1 is 1.46 bits per heavy atom. The van der Waals surface area contributed by atoms with E-state index < -0.39 is 22.4 Å². The molecule has 0 aromatic rings. The average molecular weight is 205 g/mol. The van der Waals surface area contributed by atoms with Gasteiger partial charge in [0.25, 0.3) is 0 Å². The van der Waals surface area contributed by atoms with Gasteiger partial charge >= 0.3 is 5.97 Å². The molecule has 1 N–H and O–H groups in total. The topological polar surface area (TPSA) is 57.6 Å². The van der Waals surface area contributed by atoms with Gasteiger partial charge in [-0.25, -0.2) is 8.51 Å². The standard InChI is InChI=1S/C8H15NO3S/c1-8(7(10)11)3-5-9(6-4-8)13(2)12/h3-6H2,1-2H3,(H,10,11). The first-order valence-corrected chi connectivity index (χ1v) is 5.79. The smallest absolute Gasteiger partial charge is 0.309 e. The van der Waals surface area contributed by atoms with Gasteiger partial charge in [-0.2, -0.15) is 0 Å². The summed E-state index contributed by atoms with van der Waals surface area (Å²) in [7, 11) is -0.958. The zero-order valence-electron chi connectivity index (χ0n) is 7.95. The van der Waals surface area contributed by atoms with Crippen molar-refractivity contribution in [2.75, 3.05) is 19.3 Å².